The number of hydrogen-bond acceptors (Lipinski definition) is 4. The fourth-order valence-electron chi connectivity index (χ4n) is 2.28. The summed E-state index contributed by atoms with van der Waals surface area (Å²) in [6, 6.07) is 4.91. The van der Waals surface area contributed by atoms with Gasteiger partial charge in [0.2, 0.25) is 0 Å². The molecule has 6 heteroatoms. The summed E-state index contributed by atoms with van der Waals surface area (Å²) < 4.78 is 0. The van der Waals surface area contributed by atoms with E-state index in [1.54, 1.807) is 12.1 Å². The number of nitro benzene ring substituents is 1. The van der Waals surface area contributed by atoms with Crippen LogP contribution in [0.1, 0.15) is 37.0 Å². The number of anilines is 1. The normalized spacial score (nSPS) is 14.1. The van der Waals surface area contributed by atoms with Crippen LogP contribution in [0.4, 0.5) is 11.4 Å². The Hall–Kier alpha value is -2.11. The highest BCUT2D eigenvalue weighted by molar-refractivity contribution is 5.96. The molecule has 1 fully saturated rings. The van der Waals surface area contributed by atoms with Gasteiger partial charge in [-0.25, -0.2) is 0 Å². The lowest BCUT2D eigenvalue weighted by Gasteiger charge is -2.21. The molecule has 0 radical (unpaired) electrons. The third kappa shape index (κ3) is 3.93. The smallest absolute Gasteiger partial charge is 0.293 e. The number of carbonyl (C=O) groups is 1. The molecule has 0 atom stereocenters. The molecule has 0 unspecified atom stereocenters. The highest BCUT2D eigenvalue weighted by atomic mass is 16.6. The Balaban J connectivity index is 2.25. The summed E-state index contributed by atoms with van der Waals surface area (Å²) >= 11 is 0. The van der Waals surface area contributed by atoms with Crippen molar-refractivity contribution in [2.45, 2.75) is 32.7 Å². The van der Waals surface area contributed by atoms with Gasteiger partial charge >= 0.3 is 0 Å². The molecular formula is C15H21N3O3. The minimum Gasteiger partial charge on any atom is -0.369 e. The SMILES string of the molecule is CC(C)CN(C)c1ccc(C(=O)NC2CC2)cc1[N+](=O)[O-]. The fourth-order valence-corrected chi connectivity index (χ4v) is 2.28. The summed E-state index contributed by atoms with van der Waals surface area (Å²) in [4.78, 5) is 24.7. The zero-order valence-electron chi connectivity index (χ0n) is 12.6. The van der Waals surface area contributed by atoms with Crippen LogP contribution in [-0.2, 0) is 0 Å². The van der Waals surface area contributed by atoms with E-state index in [1.165, 1.54) is 6.07 Å². The molecule has 1 amide bonds. The lowest BCUT2D eigenvalue weighted by atomic mass is 10.1. The van der Waals surface area contributed by atoms with Gasteiger partial charge in [-0.2, -0.15) is 0 Å². The molecule has 2 rings (SSSR count). The van der Waals surface area contributed by atoms with Crippen molar-refractivity contribution in [2.75, 3.05) is 18.5 Å². The highest BCUT2D eigenvalue weighted by Crippen LogP contribution is 2.29. The molecule has 21 heavy (non-hydrogen) atoms. The molecular weight excluding hydrogens is 270 g/mol. The zero-order valence-corrected chi connectivity index (χ0v) is 12.6. The molecule has 0 aromatic heterocycles. The maximum atomic E-state index is 12.0. The molecule has 0 heterocycles. The van der Waals surface area contributed by atoms with Crippen molar-refractivity contribution in [2.24, 2.45) is 5.92 Å². The van der Waals surface area contributed by atoms with Crippen molar-refractivity contribution >= 4 is 17.3 Å². The fraction of sp³-hybridized carbons (Fsp3) is 0.533. The Morgan fingerprint density at radius 3 is 2.67 bits per heavy atom. The molecule has 0 spiro atoms. The molecule has 0 saturated heterocycles. The van der Waals surface area contributed by atoms with Crippen molar-refractivity contribution < 1.29 is 9.72 Å². The Bertz CT molecular complexity index is 553. The van der Waals surface area contributed by atoms with Gasteiger partial charge in [0, 0.05) is 31.3 Å². The molecule has 0 aliphatic heterocycles. The van der Waals surface area contributed by atoms with Crippen molar-refractivity contribution in [3.8, 4) is 0 Å². The van der Waals surface area contributed by atoms with Gasteiger partial charge in [-0.05, 0) is 30.9 Å². The van der Waals surface area contributed by atoms with Crippen LogP contribution in [0.25, 0.3) is 0 Å². The van der Waals surface area contributed by atoms with Crippen molar-refractivity contribution in [1.82, 2.24) is 5.32 Å². The van der Waals surface area contributed by atoms with Crippen LogP contribution in [0.3, 0.4) is 0 Å². The van der Waals surface area contributed by atoms with Crippen LogP contribution in [0.15, 0.2) is 18.2 Å². The van der Waals surface area contributed by atoms with E-state index in [0.29, 0.717) is 23.7 Å². The highest BCUT2D eigenvalue weighted by Gasteiger charge is 2.25. The van der Waals surface area contributed by atoms with E-state index in [1.807, 2.05) is 11.9 Å². The van der Waals surface area contributed by atoms with E-state index in [2.05, 4.69) is 19.2 Å². The minimum absolute atomic E-state index is 0.0263. The van der Waals surface area contributed by atoms with Crippen LogP contribution >= 0.6 is 0 Å². The van der Waals surface area contributed by atoms with E-state index >= 15 is 0 Å². The first-order chi connectivity index (χ1) is 9.88. The number of rotatable bonds is 6. The van der Waals surface area contributed by atoms with E-state index in [0.717, 1.165) is 12.8 Å². The summed E-state index contributed by atoms with van der Waals surface area (Å²) in [7, 11) is 1.83. The van der Waals surface area contributed by atoms with E-state index in [9.17, 15) is 14.9 Å². The predicted molar refractivity (Wildman–Crippen MR) is 81.7 cm³/mol. The van der Waals surface area contributed by atoms with Crippen LogP contribution < -0.4 is 10.2 Å². The maximum absolute atomic E-state index is 12.0. The van der Waals surface area contributed by atoms with Crippen molar-refractivity contribution in [3.05, 3.63) is 33.9 Å². The molecule has 0 bridgehead atoms. The first kappa shape index (κ1) is 15.3. The first-order valence-corrected chi connectivity index (χ1v) is 7.19. The summed E-state index contributed by atoms with van der Waals surface area (Å²) in [5, 5.41) is 14.1. The summed E-state index contributed by atoms with van der Waals surface area (Å²) in [6.45, 7) is 4.83. The van der Waals surface area contributed by atoms with E-state index < -0.39 is 4.92 Å². The maximum Gasteiger partial charge on any atom is 0.293 e. The van der Waals surface area contributed by atoms with Crippen LogP contribution in [-0.4, -0.2) is 30.5 Å². The molecule has 1 aliphatic rings. The number of nitrogens with zero attached hydrogens (tertiary/aromatic N) is 2. The van der Waals surface area contributed by atoms with Crippen molar-refractivity contribution in [3.63, 3.8) is 0 Å². The second kappa shape index (κ2) is 6.11. The number of nitro groups is 1. The Labute approximate surface area is 124 Å². The van der Waals surface area contributed by atoms with Gasteiger partial charge in [-0.1, -0.05) is 13.8 Å². The molecule has 1 aromatic rings. The number of hydrogen-bond donors (Lipinski definition) is 1. The quantitative estimate of drug-likeness (QED) is 0.645. The first-order valence-electron chi connectivity index (χ1n) is 7.19. The van der Waals surface area contributed by atoms with E-state index in [-0.39, 0.29) is 17.6 Å². The molecule has 1 N–H and O–H groups in total. The van der Waals surface area contributed by atoms with Crippen LogP contribution in [0.2, 0.25) is 0 Å². The monoisotopic (exact) mass is 291 g/mol. The second-order valence-electron chi connectivity index (χ2n) is 5.98. The summed E-state index contributed by atoms with van der Waals surface area (Å²) in [5.41, 5.74) is 0.855. The molecule has 6 nitrogen and oxygen atoms in total. The number of benzene rings is 1. The topological polar surface area (TPSA) is 75.5 Å². The Kier molecular flexibility index (Phi) is 4.45. The van der Waals surface area contributed by atoms with Gasteiger partial charge in [0.15, 0.2) is 0 Å². The average molecular weight is 291 g/mol. The second-order valence-corrected chi connectivity index (χ2v) is 5.98. The number of nitrogens with one attached hydrogen (secondary N) is 1. The molecule has 1 saturated carbocycles. The van der Waals surface area contributed by atoms with Gasteiger partial charge in [0.1, 0.15) is 5.69 Å². The number of amides is 1. The van der Waals surface area contributed by atoms with Gasteiger partial charge in [0.25, 0.3) is 11.6 Å². The Morgan fingerprint density at radius 1 is 1.48 bits per heavy atom. The number of carbonyl (C=O) groups excluding carboxylic acids is 1. The summed E-state index contributed by atoms with van der Waals surface area (Å²) in [6.07, 6.45) is 1.98. The minimum atomic E-state index is -0.430. The van der Waals surface area contributed by atoms with Gasteiger partial charge in [-0.15, -0.1) is 0 Å². The predicted octanol–water partition coefficient (Wildman–Crippen LogP) is 2.58. The zero-order chi connectivity index (χ0) is 15.6. The largest absolute Gasteiger partial charge is 0.369 e. The Morgan fingerprint density at radius 2 is 2.14 bits per heavy atom. The molecule has 1 aromatic carbocycles. The third-order valence-corrected chi connectivity index (χ3v) is 3.40. The van der Waals surface area contributed by atoms with Gasteiger partial charge in [0.05, 0.1) is 4.92 Å². The average Bonchev–Trinajstić information content (AvgIpc) is 3.21. The van der Waals surface area contributed by atoms with Gasteiger partial charge in [-0.3, -0.25) is 14.9 Å². The van der Waals surface area contributed by atoms with Crippen LogP contribution in [0, 0.1) is 16.0 Å². The molecule has 114 valence electrons. The standard InChI is InChI=1S/C15H21N3O3/c1-10(2)9-17(3)13-7-4-11(8-14(13)18(20)21)15(19)16-12-5-6-12/h4,7-8,10,12H,5-6,9H2,1-3H3,(H,16,19). The lowest BCUT2D eigenvalue weighted by molar-refractivity contribution is -0.384. The van der Waals surface area contributed by atoms with Crippen LogP contribution in [0.5, 0.6) is 0 Å². The molecule has 1 aliphatic carbocycles. The van der Waals surface area contributed by atoms with Gasteiger partial charge < -0.3 is 10.2 Å². The summed E-state index contributed by atoms with van der Waals surface area (Å²) in [5.74, 6) is 0.158. The lowest BCUT2D eigenvalue weighted by Crippen LogP contribution is -2.26. The van der Waals surface area contributed by atoms with Crippen molar-refractivity contribution in [1.29, 1.82) is 0 Å². The third-order valence-electron chi connectivity index (χ3n) is 3.40. The van der Waals surface area contributed by atoms with E-state index in [4.69, 9.17) is 0 Å².